The Bertz CT molecular complexity index is 345. The highest BCUT2D eigenvalue weighted by atomic mass is 32.1. The van der Waals surface area contributed by atoms with Crippen molar-refractivity contribution < 1.29 is 4.79 Å². The second-order valence-electron chi connectivity index (χ2n) is 4.21. The molecule has 3 N–H and O–H groups in total. The number of nitrogens with two attached hydrogens (primary N) is 1. The lowest BCUT2D eigenvalue weighted by Gasteiger charge is -2.11. The Morgan fingerprint density at radius 3 is 2.88 bits per heavy atom. The van der Waals surface area contributed by atoms with Crippen molar-refractivity contribution >= 4 is 17.2 Å². The molecule has 96 valence electrons. The Balaban J connectivity index is 2.38. The van der Waals surface area contributed by atoms with Crippen molar-refractivity contribution in [2.75, 3.05) is 6.54 Å². The van der Waals surface area contributed by atoms with E-state index in [1.165, 1.54) is 10.4 Å². The molecule has 0 aliphatic heterocycles. The van der Waals surface area contributed by atoms with Crippen LogP contribution in [-0.4, -0.2) is 12.5 Å². The molecule has 0 bridgehead atoms. The predicted octanol–water partition coefficient (Wildman–Crippen LogP) is 2.30. The van der Waals surface area contributed by atoms with Crippen LogP contribution in [0.15, 0.2) is 11.4 Å². The van der Waals surface area contributed by atoms with Crippen LogP contribution in [0.5, 0.6) is 0 Å². The molecule has 0 radical (unpaired) electrons. The second-order valence-corrected chi connectivity index (χ2v) is 5.21. The molecule has 0 saturated carbocycles. The fraction of sp³-hybridized carbons (Fsp3) is 0.615. The van der Waals surface area contributed by atoms with Gasteiger partial charge in [-0.1, -0.05) is 20.3 Å². The van der Waals surface area contributed by atoms with Gasteiger partial charge in [0, 0.05) is 11.3 Å². The Morgan fingerprint density at radius 2 is 2.29 bits per heavy atom. The van der Waals surface area contributed by atoms with Gasteiger partial charge in [0.15, 0.2) is 0 Å². The lowest BCUT2D eigenvalue weighted by molar-refractivity contribution is -0.122. The molecule has 0 aliphatic rings. The van der Waals surface area contributed by atoms with Crippen LogP contribution in [0.1, 0.15) is 37.1 Å². The van der Waals surface area contributed by atoms with Gasteiger partial charge in [0.2, 0.25) is 5.91 Å². The largest absolute Gasteiger partial charge is 0.351 e. The summed E-state index contributed by atoms with van der Waals surface area (Å²) in [4.78, 5) is 13.0. The molecule has 0 fully saturated rings. The number of aryl methyl sites for hydroxylation is 1. The predicted molar refractivity (Wildman–Crippen MR) is 73.0 cm³/mol. The summed E-state index contributed by atoms with van der Waals surface area (Å²) >= 11 is 1.71. The van der Waals surface area contributed by atoms with E-state index in [2.05, 4.69) is 30.6 Å². The van der Waals surface area contributed by atoms with Crippen LogP contribution < -0.4 is 11.1 Å². The molecule has 3 nitrogen and oxygen atoms in total. The van der Waals surface area contributed by atoms with Crippen molar-refractivity contribution in [3.63, 3.8) is 0 Å². The number of thiophene rings is 1. The lowest BCUT2D eigenvalue weighted by Crippen LogP contribution is -2.27. The van der Waals surface area contributed by atoms with E-state index < -0.39 is 0 Å². The van der Waals surface area contributed by atoms with Crippen molar-refractivity contribution in [3.8, 4) is 0 Å². The molecule has 4 heteroatoms. The standard InChI is InChI=1S/C13H22N2OS/c1-3-10(8-14)7-13(16)15-9-12-11(4-2)5-6-17-12/h5-6,10H,3-4,7-9,14H2,1-2H3,(H,15,16). The summed E-state index contributed by atoms with van der Waals surface area (Å²) in [6.07, 6.45) is 2.53. The maximum Gasteiger partial charge on any atom is 0.220 e. The van der Waals surface area contributed by atoms with Crippen LogP contribution in [-0.2, 0) is 17.8 Å². The van der Waals surface area contributed by atoms with Crippen molar-refractivity contribution in [3.05, 3.63) is 21.9 Å². The van der Waals surface area contributed by atoms with Crippen molar-refractivity contribution in [1.29, 1.82) is 0 Å². The molecular formula is C13H22N2OS. The Morgan fingerprint density at radius 1 is 1.53 bits per heavy atom. The number of hydrogen-bond acceptors (Lipinski definition) is 3. The summed E-state index contributed by atoms with van der Waals surface area (Å²) in [7, 11) is 0. The minimum absolute atomic E-state index is 0.109. The molecule has 17 heavy (non-hydrogen) atoms. The molecule has 1 atom stereocenters. The third-order valence-corrected chi connectivity index (χ3v) is 4.01. The fourth-order valence-electron chi connectivity index (χ4n) is 1.74. The van der Waals surface area contributed by atoms with Crippen LogP contribution in [0.4, 0.5) is 0 Å². The van der Waals surface area contributed by atoms with Gasteiger partial charge < -0.3 is 11.1 Å². The third-order valence-electron chi connectivity index (χ3n) is 3.05. The quantitative estimate of drug-likeness (QED) is 0.784. The zero-order valence-corrected chi connectivity index (χ0v) is 11.5. The van der Waals surface area contributed by atoms with Crippen LogP contribution in [0.25, 0.3) is 0 Å². The van der Waals surface area contributed by atoms with Crippen molar-refractivity contribution in [2.45, 2.75) is 39.7 Å². The number of amides is 1. The van der Waals surface area contributed by atoms with Gasteiger partial charge in [-0.05, 0) is 35.9 Å². The van der Waals surface area contributed by atoms with E-state index >= 15 is 0 Å². The van der Waals surface area contributed by atoms with E-state index in [1.54, 1.807) is 11.3 Å². The van der Waals surface area contributed by atoms with E-state index in [1.807, 2.05) is 0 Å². The van der Waals surface area contributed by atoms with Crippen molar-refractivity contribution in [2.24, 2.45) is 11.7 Å². The highest BCUT2D eigenvalue weighted by Gasteiger charge is 2.11. The van der Waals surface area contributed by atoms with Gasteiger partial charge in [-0.2, -0.15) is 0 Å². The minimum atomic E-state index is 0.109. The first-order chi connectivity index (χ1) is 8.21. The van der Waals surface area contributed by atoms with Gasteiger partial charge in [-0.15, -0.1) is 11.3 Å². The monoisotopic (exact) mass is 254 g/mol. The Kier molecular flexibility index (Phi) is 6.22. The summed E-state index contributed by atoms with van der Waals surface area (Å²) < 4.78 is 0. The van der Waals surface area contributed by atoms with E-state index in [0.717, 1.165) is 12.8 Å². The minimum Gasteiger partial charge on any atom is -0.351 e. The van der Waals surface area contributed by atoms with Gasteiger partial charge in [-0.3, -0.25) is 4.79 Å². The number of nitrogens with one attached hydrogen (secondary N) is 1. The van der Waals surface area contributed by atoms with Crippen LogP contribution in [0.3, 0.4) is 0 Å². The molecule has 1 aromatic rings. The normalized spacial score (nSPS) is 12.4. The molecule has 1 unspecified atom stereocenters. The molecule has 1 heterocycles. The first-order valence-electron chi connectivity index (χ1n) is 6.23. The molecule has 1 amide bonds. The molecule has 1 aromatic heterocycles. The maximum atomic E-state index is 11.7. The molecule has 0 spiro atoms. The average molecular weight is 254 g/mol. The van der Waals surface area contributed by atoms with E-state index in [-0.39, 0.29) is 5.91 Å². The highest BCUT2D eigenvalue weighted by molar-refractivity contribution is 7.10. The number of hydrogen-bond donors (Lipinski definition) is 2. The summed E-state index contributed by atoms with van der Waals surface area (Å²) in [5, 5.41) is 5.05. The number of carbonyl (C=O) groups excluding carboxylic acids is 1. The first-order valence-corrected chi connectivity index (χ1v) is 7.11. The third kappa shape index (κ3) is 4.48. The van der Waals surface area contributed by atoms with Crippen LogP contribution in [0, 0.1) is 5.92 Å². The van der Waals surface area contributed by atoms with Gasteiger partial charge in [-0.25, -0.2) is 0 Å². The average Bonchev–Trinajstić information content (AvgIpc) is 2.80. The maximum absolute atomic E-state index is 11.7. The summed E-state index contributed by atoms with van der Waals surface area (Å²) in [6, 6.07) is 2.13. The zero-order chi connectivity index (χ0) is 12.7. The molecule has 0 aromatic carbocycles. The smallest absolute Gasteiger partial charge is 0.220 e. The molecular weight excluding hydrogens is 232 g/mol. The van der Waals surface area contributed by atoms with E-state index in [9.17, 15) is 4.79 Å². The SMILES string of the molecule is CCc1ccsc1CNC(=O)CC(CC)CN. The van der Waals surface area contributed by atoms with Crippen LogP contribution >= 0.6 is 11.3 Å². The summed E-state index contributed by atoms with van der Waals surface area (Å²) in [5.74, 6) is 0.418. The van der Waals surface area contributed by atoms with Gasteiger partial charge in [0.25, 0.3) is 0 Å². The summed E-state index contributed by atoms with van der Waals surface area (Å²) in [5.41, 5.74) is 6.92. The topological polar surface area (TPSA) is 55.1 Å². The zero-order valence-electron chi connectivity index (χ0n) is 10.7. The Labute approximate surface area is 107 Å². The van der Waals surface area contributed by atoms with E-state index in [4.69, 9.17) is 5.73 Å². The molecule has 0 saturated heterocycles. The van der Waals surface area contributed by atoms with Crippen molar-refractivity contribution in [1.82, 2.24) is 5.32 Å². The van der Waals surface area contributed by atoms with Gasteiger partial charge in [0.1, 0.15) is 0 Å². The second kappa shape index (κ2) is 7.45. The highest BCUT2D eigenvalue weighted by Crippen LogP contribution is 2.17. The van der Waals surface area contributed by atoms with E-state index in [0.29, 0.717) is 25.4 Å². The summed E-state index contributed by atoms with van der Waals surface area (Å²) in [6.45, 7) is 5.44. The van der Waals surface area contributed by atoms with Gasteiger partial charge in [0.05, 0.1) is 6.54 Å². The van der Waals surface area contributed by atoms with Gasteiger partial charge >= 0.3 is 0 Å². The lowest BCUT2D eigenvalue weighted by atomic mass is 10.0. The first kappa shape index (κ1) is 14.2. The number of rotatable bonds is 7. The van der Waals surface area contributed by atoms with Crippen LogP contribution in [0.2, 0.25) is 0 Å². The number of carbonyl (C=O) groups is 1. The molecule has 1 rings (SSSR count). The Hall–Kier alpha value is -0.870. The fourth-order valence-corrected chi connectivity index (χ4v) is 2.66. The molecule has 0 aliphatic carbocycles.